The van der Waals surface area contributed by atoms with E-state index >= 15 is 0 Å². The third-order valence-corrected chi connectivity index (χ3v) is 4.13. The number of aromatic nitrogens is 1. The number of benzene rings is 2. The molecule has 0 atom stereocenters. The summed E-state index contributed by atoms with van der Waals surface area (Å²) in [6.45, 7) is 4.10. The van der Waals surface area contributed by atoms with E-state index in [1.807, 2.05) is 19.1 Å². The molecule has 2 aromatic carbocycles. The van der Waals surface area contributed by atoms with Crippen LogP contribution in [0.5, 0.6) is 0 Å². The summed E-state index contributed by atoms with van der Waals surface area (Å²) in [4.78, 5) is 4.50. The number of nitrogens with one attached hydrogen (secondary N) is 1. The molecule has 0 bridgehead atoms. The Morgan fingerprint density at radius 2 is 1.65 bits per heavy atom. The van der Waals surface area contributed by atoms with Crippen LogP contribution >= 0.6 is 15.9 Å². The van der Waals surface area contributed by atoms with E-state index in [1.165, 1.54) is 16.3 Å². The Hall–Kier alpha value is -1.87. The molecule has 0 unspecified atom stereocenters. The van der Waals surface area contributed by atoms with Crippen LogP contribution in [-0.2, 0) is 0 Å². The lowest BCUT2D eigenvalue weighted by Crippen LogP contribution is -1.95. The van der Waals surface area contributed by atoms with Gasteiger partial charge in [-0.25, -0.2) is 4.98 Å². The second kappa shape index (κ2) is 5.25. The van der Waals surface area contributed by atoms with Gasteiger partial charge in [0, 0.05) is 10.2 Å². The third-order valence-electron chi connectivity index (χ3n) is 3.29. The normalized spacial score (nSPS) is 10.8. The number of pyridine rings is 1. The Bertz CT molecular complexity index is 781. The summed E-state index contributed by atoms with van der Waals surface area (Å²) in [6.07, 6.45) is 0. The van der Waals surface area contributed by atoms with Crippen molar-refractivity contribution in [1.29, 1.82) is 0 Å². The lowest BCUT2D eigenvalue weighted by molar-refractivity contribution is 1.18. The van der Waals surface area contributed by atoms with E-state index in [0.29, 0.717) is 0 Å². The van der Waals surface area contributed by atoms with Crippen molar-refractivity contribution in [3.63, 3.8) is 0 Å². The number of rotatable bonds is 2. The van der Waals surface area contributed by atoms with Crippen molar-refractivity contribution in [3.8, 4) is 0 Å². The smallest absolute Gasteiger partial charge is 0.130 e. The zero-order valence-corrected chi connectivity index (χ0v) is 13.0. The molecule has 0 fully saturated rings. The van der Waals surface area contributed by atoms with Crippen LogP contribution in [0.15, 0.2) is 53.0 Å². The molecule has 100 valence electrons. The molecule has 0 aliphatic rings. The number of halogens is 1. The molecule has 3 heteroatoms. The number of fused-ring (bicyclic) bond motifs is 1. The van der Waals surface area contributed by atoms with E-state index in [1.54, 1.807) is 0 Å². The molecular weight excluding hydrogens is 312 g/mol. The maximum Gasteiger partial charge on any atom is 0.130 e. The first kappa shape index (κ1) is 13.1. The van der Waals surface area contributed by atoms with Crippen LogP contribution < -0.4 is 5.32 Å². The average molecular weight is 327 g/mol. The van der Waals surface area contributed by atoms with E-state index in [-0.39, 0.29) is 0 Å². The number of anilines is 2. The van der Waals surface area contributed by atoms with Crippen LogP contribution in [0.1, 0.15) is 11.3 Å². The molecular formula is C17H15BrN2. The molecule has 20 heavy (non-hydrogen) atoms. The van der Waals surface area contributed by atoms with E-state index in [9.17, 15) is 0 Å². The fourth-order valence-corrected chi connectivity index (χ4v) is 2.43. The van der Waals surface area contributed by atoms with Gasteiger partial charge >= 0.3 is 0 Å². The molecule has 2 nitrogen and oxygen atoms in total. The quantitative estimate of drug-likeness (QED) is 0.685. The van der Waals surface area contributed by atoms with E-state index in [4.69, 9.17) is 0 Å². The second-order valence-corrected chi connectivity index (χ2v) is 5.81. The van der Waals surface area contributed by atoms with Crippen LogP contribution in [-0.4, -0.2) is 4.98 Å². The van der Waals surface area contributed by atoms with E-state index in [2.05, 4.69) is 69.6 Å². The summed E-state index contributed by atoms with van der Waals surface area (Å²) >= 11 is 3.46. The van der Waals surface area contributed by atoms with Crippen molar-refractivity contribution in [2.75, 3.05) is 5.32 Å². The molecule has 1 N–H and O–H groups in total. The number of aryl methyl sites for hydroxylation is 2. The minimum absolute atomic E-state index is 0.858. The third kappa shape index (κ3) is 2.68. The van der Waals surface area contributed by atoms with Crippen molar-refractivity contribution in [2.45, 2.75) is 13.8 Å². The lowest BCUT2D eigenvalue weighted by Gasteiger charge is -2.08. The van der Waals surface area contributed by atoms with Gasteiger partial charge in [0.15, 0.2) is 0 Å². The molecule has 0 saturated carbocycles. The monoisotopic (exact) mass is 326 g/mol. The highest BCUT2D eigenvalue weighted by atomic mass is 79.9. The highest BCUT2D eigenvalue weighted by Crippen LogP contribution is 2.24. The van der Waals surface area contributed by atoms with Gasteiger partial charge in [-0.1, -0.05) is 29.8 Å². The van der Waals surface area contributed by atoms with Crippen LogP contribution in [0.2, 0.25) is 0 Å². The summed E-state index contributed by atoms with van der Waals surface area (Å²) in [5, 5.41) is 5.84. The van der Waals surface area contributed by atoms with Gasteiger partial charge in [0.1, 0.15) is 5.82 Å². The number of nitrogens with zero attached hydrogens (tertiary/aromatic N) is 1. The molecule has 0 radical (unpaired) electrons. The first-order chi connectivity index (χ1) is 9.61. The van der Waals surface area contributed by atoms with Gasteiger partial charge in [-0.2, -0.15) is 0 Å². The van der Waals surface area contributed by atoms with Crippen molar-refractivity contribution >= 4 is 38.2 Å². The SMILES string of the molecule is Cc1ccc2cc(Nc3ccc(Br)c(C)n3)ccc2c1. The van der Waals surface area contributed by atoms with Crippen LogP contribution in [0.3, 0.4) is 0 Å². The minimum Gasteiger partial charge on any atom is -0.340 e. The van der Waals surface area contributed by atoms with Gasteiger partial charge in [0.05, 0.1) is 5.69 Å². The lowest BCUT2D eigenvalue weighted by atomic mass is 10.1. The summed E-state index contributed by atoms with van der Waals surface area (Å²) in [6, 6.07) is 16.8. The zero-order chi connectivity index (χ0) is 14.1. The molecule has 0 saturated heterocycles. The summed E-state index contributed by atoms with van der Waals surface area (Å²) in [5.74, 6) is 0.858. The van der Waals surface area contributed by atoms with Gasteiger partial charge in [0.25, 0.3) is 0 Å². The van der Waals surface area contributed by atoms with Gasteiger partial charge in [-0.3, -0.25) is 0 Å². The predicted molar refractivity (Wildman–Crippen MR) is 88.6 cm³/mol. The highest BCUT2D eigenvalue weighted by Gasteiger charge is 2.01. The molecule has 1 heterocycles. The molecule has 3 rings (SSSR count). The summed E-state index contributed by atoms with van der Waals surface area (Å²) < 4.78 is 1.03. The maximum atomic E-state index is 4.50. The Balaban J connectivity index is 1.94. The summed E-state index contributed by atoms with van der Waals surface area (Å²) in [5.41, 5.74) is 3.31. The fourth-order valence-electron chi connectivity index (χ4n) is 2.20. The molecule has 1 aromatic heterocycles. The maximum absolute atomic E-state index is 4.50. The molecule has 0 aliphatic carbocycles. The standard InChI is InChI=1S/C17H15BrN2/c1-11-3-4-14-10-15(6-5-13(14)9-11)20-17-8-7-16(18)12(2)19-17/h3-10H,1-2H3,(H,19,20). The molecule has 0 amide bonds. The minimum atomic E-state index is 0.858. The highest BCUT2D eigenvalue weighted by molar-refractivity contribution is 9.10. The van der Waals surface area contributed by atoms with Crippen molar-refractivity contribution < 1.29 is 0 Å². The molecule has 3 aromatic rings. The Morgan fingerprint density at radius 3 is 2.45 bits per heavy atom. The van der Waals surface area contributed by atoms with Crippen molar-refractivity contribution in [2.24, 2.45) is 0 Å². The molecule has 0 aliphatic heterocycles. The molecule has 0 spiro atoms. The van der Waals surface area contributed by atoms with Gasteiger partial charge in [-0.15, -0.1) is 0 Å². The average Bonchev–Trinajstić information content (AvgIpc) is 2.43. The second-order valence-electron chi connectivity index (χ2n) is 4.95. The van der Waals surface area contributed by atoms with Crippen molar-refractivity contribution in [3.05, 3.63) is 64.3 Å². The van der Waals surface area contributed by atoms with Crippen LogP contribution in [0.4, 0.5) is 11.5 Å². The van der Waals surface area contributed by atoms with E-state index in [0.717, 1.165) is 21.7 Å². The Kier molecular flexibility index (Phi) is 3.45. The number of hydrogen-bond donors (Lipinski definition) is 1. The van der Waals surface area contributed by atoms with Crippen LogP contribution in [0.25, 0.3) is 10.8 Å². The predicted octanol–water partition coefficient (Wildman–Crippen LogP) is 5.36. The van der Waals surface area contributed by atoms with Gasteiger partial charge < -0.3 is 5.32 Å². The fraction of sp³-hybridized carbons (Fsp3) is 0.118. The van der Waals surface area contributed by atoms with Gasteiger partial charge in [0.2, 0.25) is 0 Å². The first-order valence-corrected chi connectivity index (χ1v) is 7.32. The Labute approximate surface area is 127 Å². The van der Waals surface area contributed by atoms with E-state index < -0.39 is 0 Å². The van der Waals surface area contributed by atoms with Crippen molar-refractivity contribution in [1.82, 2.24) is 4.98 Å². The first-order valence-electron chi connectivity index (χ1n) is 6.52. The summed E-state index contributed by atoms with van der Waals surface area (Å²) in [7, 11) is 0. The Morgan fingerprint density at radius 1 is 0.900 bits per heavy atom. The zero-order valence-electron chi connectivity index (χ0n) is 11.4. The van der Waals surface area contributed by atoms with Crippen LogP contribution in [0, 0.1) is 13.8 Å². The topological polar surface area (TPSA) is 24.9 Å². The largest absolute Gasteiger partial charge is 0.340 e. The number of hydrogen-bond acceptors (Lipinski definition) is 2. The van der Waals surface area contributed by atoms with Gasteiger partial charge in [-0.05, 0) is 64.8 Å².